The molecule has 0 saturated heterocycles. The van der Waals surface area contributed by atoms with Crippen LogP contribution in [-0.2, 0) is 4.74 Å². The number of aliphatic hydroxyl groups excluding tert-OH is 2. The van der Waals surface area contributed by atoms with Crippen LogP contribution in [0.15, 0.2) is 24.3 Å². The first kappa shape index (κ1) is 17.7. The second kappa shape index (κ2) is 12.4. The molecule has 0 spiro atoms. The minimum Gasteiger partial charge on any atom is -0.394 e. The summed E-state index contributed by atoms with van der Waals surface area (Å²) < 4.78 is 5.33. The van der Waals surface area contributed by atoms with Crippen molar-refractivity contribution in [3.05, 3.63) is 24.3 Å². The van der Waals surface area contributed by atoms with Crippen LogP contribution in [0, 0.1) is 0 Å². The minimum absolute atomic E-state index is 0.139. The highest BCUT2D eigenvalue weighted by atomic mass is 16.5. The van der Waals surface area contributed by atoms with Gasteiger partial charge in [-0.2, -0.15) is 0 Å². The van der Waals surface area contributed by atoms with Crippen LogP contribution in [0.5, 0.6) is 0 Å². The highest BCUT2D eigenvalue weighted by Crippen LogP contribution is 1.98. The summed E-state index contributed by atoms with van der Waals surface area (Å²) in [6, 6.07) is 0. The van der Waals surface area contributed by atoms with E-state index < -0.39 is 6.10 Å². The fourth-order valence-electron chi connectivity index (χ4n) is 0.595. The van der Waals surface area contributed by atoms with Gasteiger partial charge < -0.3 is 14.9 Å². The lowest BCUT2D eigenvalue weighted by molar-refractivity contribution is 0.110. The summed E-state index contributed by atoms with van der Waals surface area (Å²) in [5, 5.41) is 16.0. The molecule has 0 aliphatic heterocycles. The Kier molecular flexibility index (Phi) is 13.8. The van der Waals surface area contributed by atoms with Gasteiger partial charge in [-0.3, -0.25) is 0 Å². The van der Waals surface area contributed by atoms with Crippen molar-refractivity contribution in [2.24, 2.45) is 0 Å². The number of aliphatic hydroxyl groups is 2. The topological polar surface area (TPSA) is 49.7 Å². The average molecular weight is 230 g/mol. The van der Waals surface area contributed by atoms with Crippen molar-refractivity contribution >= 4 is 0 Å². The molecule has 0 amide bonds. The smallest absolute Gasteiger partial charge is 0.0742 e. The maximum atomic E-state index is 8.11. The largest absolute Gasteiger partial charge is 0.394 e. The molecule has 0 aromatic carbocycles. The molecule has 96 valence electrons. The van der Waals surface area contributed by atoms with E-state index in [2.05, 4.69) is 13.2 Å². The van der Waals surface area contributed by atoms with Crippen LogP contribution >= 0.6 is 0 Å². The maximum absolute atomic E-state index is 8.11. The predicted octanol–water partition coefficient (Wildman–Crippen LogP) is 2.29. The van der Waals surface area contributed by atoms with Gasteiger partial charge in [0.1, 0.15) is 0 Å². The van der Waals surface area contributed by atoms with Crippen molar-refractivity contribution in [3.8, 4) is 0 Å². The van der Waals surface area contributed by atoms with E-state index in [-0.39, 0.29) is 6.61 Å². The van der Waals surface area contributed by atoms with Gasteiger partial charge in [0.25, 0.3) is 0 Å². The standard InChI is InChI=1S/C10H18O.C3H8O2/c1-9(2)5-7-11-8-6-10(3)4;1-3(5)2-4/h1,3,5-8H2,2,4H3;3-5H,2H2,1H3. The molecule has 0 aliphatic rings. The summed E-state index contributed by atoms with van der Waals surface area (Å²) in [6.45, 7) is 14.6. The lowest BCUT2D eigenvalue weighted by Crippen LogP contribution is -2.03. The maximum Gasteiger partial charge on any atom is 0.0742 e. The average Bonchev–Trinajstić information content (AvgIpc) is 2.17. The molecule has 3 nitrogen and oxygen atoms in total. The van der Waals surface area contributed by atoms with Gasteiger partial charge >= 0.3 is 0 Å². The molecule has 0 fully saturated rings. The molecule has 1 atom stereocenters. The first-order valence-electron chi connectivity index (χ1n) is 5.55. The van der Waals surface area contributed by atoms with Gasteiger partial charge in [-0.15, -0.1) is 13.2 Å². The van der Waals surface area contributed by atoms with E-state index in [1.54, 1.807) is 0 Å². The van der Waals surface area contributed by atoms with E-state index in [4.69, 9.17) is 14.9 Å². The minimum atomic E-state index is -0.560. The molecule has 0 heterocycles. The first-order valence-corrected chi connectivity index (χ1v) is 5.55. The molecule has 0 radical (unpaired) electrons. The Morgan fingerprint density at radius 2 is 1.44 bits per heavy atom. The second-order valence-corrected chi connectivity index (χ2v) is 4.06. The lowest BCUT2D eigenvalue weighted by atomic mass is 10.2. The van der Waals surface area contributed by atoms with Gasteiger partial charge in [-0.1, -0.05) is 11.1 Å². The number of ether oxygens (including phenoxy) is 1. The Morgan fingerprint density at radius 1 is 1.12 bits per heavy atom. The van der Waals surface area contributed by atoms with Crippen LogP contribution in [0.4, 0.5) is 0 Å². The highest BCUT2D eigenvalue weighted by Gasteiger charge is 1.89. The second-order valence-electron chi connectivity index (χ2n) is 4.06. The third kappa shape index (κ3) is 23.3. The van der Waals surface area contributed by atoms with E-state index in [1.807, 2.05) is 13.8 Å². The molecule has 0 saturated carbocycles. The van der Waals surface area contributed by atoms with Crippen molar-refractivity contribution in [2.45, 2.75) is 39.7 Å². The summed E-state index contributed by atoms with van der Waals surface area (Å²) in [6.07, 6.45) is 1.38. The van der Waals surface area contributed by atoms with E-state index in [1.165, 1.54) is 18.1 Å². The van der Waals surface area contributed by atoms with Crippen molar-refractivity contribution in [1.82, 2.24) is 0 Å². The molecule has 2 N–H and O–H groups in total. The Balaban J connectivity index is 0. The van der Waals surface area contributed by atoms with Crippen molar-refractivity contribution in [2.75, 3.05) is 19.8 Å². The fraction of sp³-hybridized carbons (Fsp3) is 0.692. The Bertz CT molecular complexity index is 170. The molecule has 0 aromatic rings. The zero-order chi connectivity index (χ0) is 13.0. The van der Waals surface area contributed by atoms with Crippen LogP contribution in [0.3, 0.4) is 0 Å². The number of hydrogen-bond acceptors (Lipinski definition) is 3. The van der Waals surface area contributed by atoms with E-state index in [9.17, 15) is 0 Å². The summed E-state index contributed by atoms with van der Waals surface area (Å²) in [5.41, 5.74) is 2.36. The quantitative estimate of drug-likeness (QED) is 0.521. The van der Waals surface area contributed by atoms with E-state index >= 15 is 0 Å². The van der Waals surface area contributed by atoms with Crippen LogP contribution in [-0.4, -0.2) is 36.1 Å². The van der Waals surface area contributed by atoms with Gasteiger partial charge in [-0.05, 0) is 33.6 Å². The molecule has 0 bridgehead atoms. The zero-order valence-electron chi connectivity index (χ0n) is 10.8. The SMILES string of the molecule is C=C(C)CCOCCC(=C)C.CC(O)CO. The number of hydrogen-bond donors (Lipinski definition) is 2. The summed E-state index contributed by atoms with van der Waals surface area (Å²) in [7, 11) is 0. The summed E-state index contributed by atoms with van der Waals surface area (Å²) in [5.74, 6) is 0. The van der Waals surface area contributed by atoms with E-state index in [0.717, 1.165) is 26.1 Å². The van der Waals surface area contributed by atoms with Gasteiger partial charge in [0.2, 0.25) is 0 Å². The number of rotatable bonds is 7. The normalized spacial score (nSPS) is 11.3. The van der Waals surface area contributed by atoms with Crippen molar-refractivity contribution < 1.29 is 14.9 Å². The molecule has 3 heteroatoms. The van der Waals surface area contributed by atoms with Gasteiger partial charge in [0.15, 0.2) is 0 Å². The molecular formula is C13H26O3. The third-order valence-corrected chi connectivity index (χ3v) is 1.61. The van der Waals surface area contributed by atoms with Crippen molar-refractivity contribution in [1.29, 1.82) is 0 Å². The Morgan fingerprint density at radius 3 is 1.62 bits per heavy atom. The van der Waals surface area contributed by atoms with E-state index in [0.29, 0.717) is 0 Å². The molecule has 0 aromatic heterocycles. The molecule has 1 unspecified atom stereocenters. The lowest BCUT2D eigenvalue weighted by Gasteiger charge is -2.02. The van der Waals surface area contributed by atoms with Crippen LogP contribution in [0.1, 0.15) is 33.6 Å². The molecular weight excluding hydrogens is 204 g/mol. The molecule has 16 heavy (non-hydrogen) atoms. The third-order valence-electron chi connectivity index (χ3n) is 1.61. The van der Waals surface area contributed by atoms with Crippen LogP contribution in [0.25, 0.3) is 0 Å². The van der Waals surface area contributed by atoms with Gasteiger partial charge in [0, 0.05) is 0 Å². The Hall–Kier alpha value is -0.640. The summed E-state index contributed by atoms with van der Waals surface area (Å²) >= 11 is 0. The first-order chi connectivity index (χ1) is 7.40. The fourth-order valence-corrected chi connectivity index (χ4v) is 0.595. The molecule has 0 aliphatic carbocycles. The van der Waals surface area contributed by atoms with Crippen LogP contribution < -0.4 is 0 Å². The van der Waals surface area contributed by atoms with Gasteiger partial charge in [-0.25, -0.2) is 0 Å². The predicted molar refractivity (Wildman–Crippen MR) is 68.4 cm³/mol. The summed E-state index contributed by atoms with van der Waals surface area (Å²) in [4.78, 5) is 0. The zero-order valence-corrected chi connectivity index (χ0v) is 10.8. The van der Waals surface area contributed by atoms with Crippen molar-refractivity contribution in [3.63, 3.8) is 0 Å². The Labute approximate surface area is 99.4 Å². The highest BCUT2D eigenvalue weighted by molar-refractivity contribution is 4.88. The monoisotopic (exact) mass is 230 g/mol. The van der Waals surface area contributed by atoms with Gasteiger partial charge in [0.05, 0.1) is 25.9 Å². The molecule has 0 rings (SSSR count). The van der Waals surface area contributed by atoms with Crippen LogP contribution in [0.2, 0.25) is 0 Å².